The van der Waals surface area contributed by atoms with E-state index in [1.807, 2.05) is 0 Å². The Kier molecular flexibility index (Phi) is 8.76. The number of nitro groups is 1. The number of nitro benzene ring substituents is 1. The Morgan fingerprint density at radius 2 is 1.68 bits per heavy atom. The number of hydrogen-bond donors (Lipinski definition) is 2. The number of carbonyl (C=O) groups is 4. The van der Waals surface area contributed by atoms with Gasteiger partial charge in [0.2, 0.25) is 5.91 Å². The zero-order chi connectivity index (χ0) is 28.6. The van der Waals surface area contributed by atoms with Crippen molar-refractivity contribution in [2.24, 2.45) is 0 Å². The molecule has 0 bridgehead atoms. The fourth-order valence-electron chi connectivity index (χ4n) is 3.58. The predicted molar refractivity (Wildman–Crippen MR) is 148 cm³/mol. The minimum Gasteiger partial charge on any atom is -0.493 e. The van der Waals surface area contributed by atoms with Crippen molar-refractivity contribution in [3.05, 3.63) is 93.4 Å². The van der Waals surface area contributed by atoms with Crippen molar-refractivity contribution in [3.63, 3.8) is 0 Å². The summed E-state index contributed by atoms with van der Waals surface area (Å²) < 4.78 is 10.9. The molecule has 3 aromatic rings. The van der Waals surface area contributed by atoms with Gasteiger partial charge in [0.25, 0.3) is 22.7 Å². The highest BCUT2D eigenvalue weighted by atomic mass is 32.2. The third-order valence-electron chi connectivity index (χ3n) is 5.42. The number of benzene rings is 3. The normalized spacial score (nSPS) is 13.7. The zero-order valence-electron chi connectivity index (χ0n) is 21.0. The summed E-state index contributed by atoms with van der Waals surface area (Å²) in [5.41, 5.74) is 1.15. The van der Waals surface area contributed by atoms with Crippen molar-refractivity contribution in [2.45, 2.75) is 0 Å². The van der Waals surface area contributed by atoms with Gasteiger partial charge in [-0.3, -0.25) is 34.2 Å². The maximum absolute atomic E-state index is 12.8. The summed E-state index contributed by atoms with van der Waals surface area (Å²) in [5, 5.41) is 15.5. The lowest BCUT2D eigenvalue weighted by Crippen LogP contribution is -2.36. The number of non-ortho nitro benzene ring substituents is 1. The van der Waals surface area contributed by atoms with Crippen molar-refractivity contribution in [3.8, 4) is 11.5 Å². The Labute approximate surface area is 232 Å². The van der Waals surface area contributed by atoms with Crippen molar-refractivity contribution in [1.29, 1.82) is 0 Å². The van der Waals surface area contributed by atoms with Crippen LogP contribution in [0.3, 0.4) is 0 Å². The van der Waals surface area contributed by atoms with Crippen LogP contribution in [0.1, 0.15) is 5.56 Å². The maximum atomic E-state index is 12.8. The predicted octanol–water partition coefficient (Wildman–Crippen LogP) is 4.30. The molecule has 3 aromatic carbocycles. The molecule has 1 saturated heterocycles. The van der Waals surface area contributed by atoms with E-state index in [0.717, 1.165) is 4.90 Å². The first-order valence-electron chi connectivity index (χ1n) is 11.7. The fourth-order valence-corrected chi connectivity index (χ4v) is 4.42. The average molecular weight is 563 g/mol. The molecule has 0 aliphatic carbocycles. The maximum Gasteiger partial charge on any atom is 0.294 e. The second-order valence-electron chi connectivity index (χ2n) is 8.24. The molecule has 12 nitrogen and oxygen atoms in total. The number of thioether (sulfide) groups is 1. The van der Waals surface area contributed by atoms with E-state index in [9.17, 15) is 29.3 Å². The first kappa shape index (κ1) is 27.9. The molecule has 40 heavy (non-hydrogen) atoms. The first-order chi connectivity index (χ1) is 19.2. The number of imide groups is 1. The molecule has 0 radical (unpaired) electrons. The number of anilines is 2. The van der Waals surface area contributed by atoms with Crippen molar-refractivity contribution >= 4 is 57.9 Å². The number of amides is 4. The molecule has 4 amide bonds. The minimum absolute atomic E-state index is 0.129. The molecule has 13 heteroatoms. The molecule has 1 aliphatic rings. The second-order valence-corrected chi connectivity index (χ2v) is 9.23. The third kappa shape index (κ3) is 7.02. The molecular weight excluding hydrogens is 540 g/mol. The van der Waals surface area contributed by atoms with E-state index in [1.54, 1.807) is 42.5 Å². The largest absolute Gasteiger partial charge is 0.493 e. The summed E-state index contributed by atoms with van der Waals surface area (Å²) >= 11 is 0.712. The summed E-state index contributed by atoms with van der Waals surface area (Å²) in [6.45, 7) is -0.826. The molecule has 0 aromatic heterocycles. The van der Waals surface area contributed by atoms with E-state index in [4.69, 9.17) is 9.47 Å². The van der Waals surface area contributed by atoms with Gasteiger partial charge in [-0.2, -0.15) is 0 Å². The molecule has 0 saturated carbocycles. The summed E-state index contributed by atoms with van der Waals surface area (Å²) in [5.74, 6) is -1.16. The van der Waals surface area contributed by atoms with Gasteiger partial charge in [-0.25, -0.2) is 0 Å². The standard InChI is InChI=1S/C27H22N4O8S/c1-38-22-12-17(10-11-21(22)39-16-25(33)29-19-8-5-9-20(14-19)31(36)37)13-23-26(34)30(27(35)40-23)15-24(32)28-18-6-3-2-4-7-18/h2-14H,15-16H2,1H3,(H,28,32)(H,29,33)/b23-13-. The topological polar surface area (TPSA) is 157 Å². The van der Waals surface area contributed by atoms with E-state index in [1.165, 1.54) is 43.5 Å². The molecule has 4 rings (SSSR count). The number of hydrogen-bond acceptors (Lipinski definition) is 9. The molecule has 1 aliphatic heterocycles. The van der Waals surface area contributed by atoms with E-state index in [0.29, 0.717) is 23.0 Å². The Morgan fingerprint density at radius 3 is 2.40 bits per heavy atom. The van der Waals surface area contributed by atoms with Crippen LogP contribution in [0.25, 0.3) is 6.08 Å². The van der Waals surface area contributed by atoms with Crippen LogP contribution in [0.15, 0.2) is 77.7 Å². The zero-order valence-corrected chi connectivity index (χ0v) is 21.8. The van der Waals surface area contributed by atoms with Gasteiger partial charge >= 0.3 is 0 Å². The number of methoxy groups -OCH3 is 1. The quantitative estimate of drug-likeness (QED) is 0.209. The third-order valence-corrected chi connectivity index (χ3v) is 6.33. The van der Waals surface area contributed by atoms with Gasteiger partial charge in [0.1, 0.15) is 6.54 Å². The molecule has 204 valence electrons. The van der Waals surface area contributed by atoms with Crippen LogP contribution in [0.4, 0.5) is 21.9 Å². The minimum atomic E-state index is -0.602. The summed E-state index contributed by atoms with van der Waals surface area (Å²) in [7, 11) is 1.40. The van der Waals surface area contributed by atoms with Gasteiger partial charge < -0.3 is 20.1 Å². The lowest BCUT2D eigenvalue weighted by molar-refractivity contribution is -0.384. The molecule has 0 atom stereocenters. The van der Waals surface area contributed by atoms with Crippen LogP contribution >= 0.6 is 11.8 Å². The molecule has 1 heterocycles. The Morgan fingerprint density at radius 1 is 0.950 bits per heavy atom. The first-order valence-corrected chi connectivity index (χ1v) is 12.5. The smallest absolute Gasteiger partial charge is 0.294 e. The average Bonchev–Trinajstić information content (AvgIpc) is 3.20. The number of rotatable bonds is 10. The number of nitrogens with one attached hydrogen (secondary N) is 2. The molecule has 0 spiro atoms. The second kappa shape index (κ2) is 12.6. The number of nitrogens with zero attached hydrogens (tertiary/aromatic N) is 2. The van der Waals surface area contributed by atoms with Gasteiger partial charge in [-0.15, -0.1) is 0 Å². The van der Waals surface area contributed by atoms with E-state index < -0.39 is 41.0 Å². The monoisotopic (exact) mass is 562 g/mol. The van der Waals surface area contributed by atoms with E-state index in [-0.39, 0.29) is 27.8 Å². The van der Waals surface area contributed by atoms with Gasteiger partial charge in [0.05, 0.1) is 16.9 Å². The van der Waals surface area contributed by atoms with Crippen molar-refractivity contribution < 1.29 is 33.6 Å². The van der Waals surface area contributed by atoms with Crippen molar-refractivity contribution in [2.75, 3.05) is 30.9 Å². The molecule has 1 fully saturated rings. The Balaban J connectivity index is 1.37. The van der Waals surface area contributed by atoms with Crippen LogP contribution in [0, 0.1) is 10.1 Å². The number of para-hydroxylation sites is 1. The molecule has 2 N–H and O–H groups in total. The lowest BCUT2D eigenvalue weighted by Gasteiger charge is -2.12. The summed E-state index contributed by atoms with van der Waals surface area (Å²) in [4.78, 5) is 61.2. The van der Waals surface area contributed by atoms with Crippen LogP contribution < -0.4 is 20.1 Å². The number of carbonyl (C=O) groups excluding carboxylic acids is 4. The Hall–Kier alpha value is -5.17. The van der Waals surface area contributed by atoms with Crippen LogP contribution in [-0.2, 0) is 14.4 Å². The SMILES string of the molecule is COc1cc(/C=C2\SC(=O)N(CC(=O)Nc3ccccc3)C2=O)ccc1OCC(=O)Nc1cccc([N+](=O)[O-])c1. The fraction of sp³-hybridized carbons (Fsp3) is 0.111. The van der Waals surface area contributed by atoms with Crippen LogP contribution in [-0.4, -0.2) is 53.0 Å². The van der Waals surface area contributed by atoms with E-state index in [2.05, 4.69) is 10.6 Å². The van der Waals surface area contributed by atoms with Gasteiger partial charge in [-0.1, -0.05) is 30.3 Å². The highest BCUT2D eigenvalue weighted by Gasteiger charge is 2.36. The van der Waals surface area contributed by atoms with E-state index >= 15 is 0 Å². The van der Waals surface area contributed by atoms with Crippen LogP contribution in [0.5, 0.6) is 11.5 Å². The van der Waals surface area contributed by atoms with Crippen LogP contribution in [0.2, 0.25) is 0 Å². The van der Waals surface area contributed by atoms with Gasteiger partial charge in [0.15, 0.2) is 18.1 Å². The highest BCUT2D eigenvalue weighted by molar-refractivity contribution is 8.18. The lowest BCUT2D eigenvalue weighted by atomic mass is 10.2. The van der Waals surface area contributed by atoms with Gasteiger partial charge in [-0.05, 0) is 53.7 Å². The van der Waals surface area contributed by atoms with Crippen molar-refractivity contribution in [1.82, 2.24) is 4.90 Å². The molecular formula is C27H22N4O8S. The summed E-state index contributed by atoms with van der Waals surface area (Å²) in [6.07, 6.45) is 1.49. The number of ether oxygens (including phenoxy) is 2. The van der Waals surface area contributed by atoms with Gasteiger partial charge in [0, 0.05) is 23.5 Å². The molecule has 0 unspecified atom stereocenters. The highest BCUT2D eigenvalue weighted by Crippen LogP contribution is 2.34. The Bertz CT molecular complexity index is 1510. The summed E-state index contributed by atoms with van der Waals surface area (Å²) in [6, 6.07) is 18.9.